The number of sulfonamides is 1. The molecule has 0 atom stereocenters. The monoisotopic (exact) mass is 304 g/mol. The highest BCUT2D eigenvalue weighted by atomic mass is 32.2. The fourth-order valence-electron chi connectivity index (χ4n) is 1.82. The molecule has 0 heterocycles. The van der Waals surface area contributed by atoms with E-state index in [4.69, 9.17) is 5.73 Å². The molecule has 0 unspecified atom stereocenters. The lowest BCUT2D eigenvalue weighted by atomic mass is 10.1. The molecule has 5 nitrogen and oxygen atoms in total. The van der Waals surface area contributed by atoms with E-state index in [1.807, 2.05) is 0 Å². The van der Waals surface area contributed by atoms with Crippen LogP contribution < -0.4 is 10.5 Å². The van der Waals surface area contributed by atoms with Crippen molar-refractivity contribution in [2.45, 2.75) is 12.7 Å². The van der Waals surface area contributed by atoms with Crippen molar-refractivity contribution in [1.29, 1.82) is 0 Å². The number of benzene rings is 2. The minimum absolute atomic E-state index is 0.0636. The first-order chi connectivity index (χ1) is 9.85. The average molecular weight is 304 g/mol. The lowest BCUT2D eigenvalue weighted by Gasteiger charge is -2.08. The molecule has 0 fully saturated rings. The zero-order valence-corrected chi connectivity index (χ0v) is 12.4. The van der Waals surface area contributed by atoms with Crippen molar-refractivity contribution < 1.29 is 13.2 Å². The summed E-state index contributed by atoms with van der Waals surface area (Å²) in [7, 11) is -3.51. The Morgan fingerprint density at radius 2 is 1.62 bits per heavy atom. The molecule has 0 aliphatic rings. The highest BCUT2D eigenvalue weighted by Crippen LogP contribution is 2.15. The van der Waals surface area contributed by atoms with Gasteiger partial charge in [-0.05, 0) is 48.9 Å². The normalized spacial score (nSPS) is 11.1. The van der Waals surface area contributed by atoms with Crippen molar-refractivity contribution in [3.63, 3.8) is 0 Å². The molecule has 0 aliphatic carbocycles. The fraction of sp³-hybridized carbons (Fsp3) is 0.133. The highest BCUT2D eigenvalue weighted by Gasteiger charge is 2.12. The Hall–Kier alpha value is -2.34. The molecule has 6 heteroatoms. The summed E-state index contributed by atoms with van der Waals surface area (Å²) in [5.74, 6) is -0.201. The van der Waals surface area contributed by atoms with Gasteiger partial charge in [0.25, 0.3) is 0 Å². The standard InChI is InChI=1S/C15H16N2O3S/c1-11(18)13-4-8-15(9-5-13)17-21(19,20)10-12-2-6-14(16)7-3-12/h2-9,17H,10,16H2,1H3. The van der Waals surface area contributed by atoms with Gasteiger partial charge in [0, 0.05) is 16.9 Å². The number of rotatable bonds is 5. The average Bonchev–Trinajstić information content (AvgIpc) is 2.41. The number of nitrogen functional groups attached to an aromatic ring is 1. The molecule has 0 saturated heterocycles. The molecule has 2 aromatic rings. The minimum Gasteiger partial charge on any atom is -0.399 e. The molecule has 0 amide bonds. The predicted molar refractivity (Wildman–Crippen MR) is 83.5 cm³/mol. The van der Waals surface area contributed by atoms with Crippen LogP contribution in [0, 0.1) is 0 Å². The van der Waals surface area contributed by atoms with Crippen LogP contribution in [0.1, 0.15) is 22.8 Å². The van der Waals surface area contributed by atoms with Gasteiger partial charge < -0.3 is 5.73 Å². The Morgan fingerprint density at radius 3 is 2.14 bits per heavy atom. The van der Waals surface area contributed by atoms with E-state index in [9.17, 15) is 13.2 Å². The molecule has 0 aliphatic heterocycles. The van der Waals surface area contributed by atoms with Crippen LogP contribution >= 0.6 is 0 Å². The number of nitrogens with two attached hydrogens (primary N) is 1. The number of hydrogen-bond donors (Lipinski definition) is 2. The molecule has 0 saturated carbocycles. The summed E-state index contributed by atoms with van der Waals surface area (Å²) in [6.45, 7) is 1.46. The highest BCUT2D eigenvalue weighted by molar-refractivity contribution is 7.91. The second kappa shape index (κ2) is 5.97. The van der Waals surface area contributed by atoms with Crippen LogP contribution in [0.25, 0.3) is 0 Å². The molecule has 0 bridgehead atoms. The van der Waals surface area contributed by atoms with Gasteiger partial charge >= 0.3 is 0 Å². The summed E-state index contributed by atoms with van der Waals surface area (Å²) in [6, 6.07) is 13.0. The number of nitrogens with one attached hydrogen (secondary N) is 1. The van der Waals surface area contributed by atoms with Gasteiger partial charge in [0.2, 0.25) is 10.0 Å². The van der Waals surface area contributed by atoms with E-state index in [0.717, 1.165) is 0 Å². The van der Waals surface area contributed by atoms with Gasteiger partial charge in [-0.1, -0.05) is 12.1 Å². The molecular formula is C15H16N2O3S. The van der Waals surface area contributed by atoms with E-state index in [-0.39, 0.29) is 11.5 Å². The third-order valence-electron chi connectivity index (χ3n) is 2.90. The molecule has 21 heavy (non-hydrogen) atoms. The molecule has 0 aromatic heterocycles. The summed E-state index contributed by atoms with van der Waals surface area (Å²) in [6.07, 6.45) is 0. The Bertz CT molecular complexity index is 735. The van der Waals surface area contributed by atoms with Crippen LogP contribution in [-0.4, -0.2) is 14.2 Å². The van der Waals surface area contributed by atoms with Crippen molar-refractivity contribution in [2.75, 3.05) is 10.5 Å². The molecule has 3 N–H and O–H groups in total. The van der Waals surface area contributed by atoms with E-state index in [0.29, 0.717) is 22.5 Å². The van der Waals surface area contributed by atoms with Gasteiger partial charge in [0.15, 0.2) is 5.78 Å². The Balaban J connectivity index is 2.10. The second-order valence-electron chi connectivity index (χ2n) is 4.74. The topological polar surface area (TPSA) is 89.3 Å². The van der Waals surface area contributed by atoms with Gasteiger partial charge in [0.05, 0.1) is 5.75 Å². The predicted octanol–water partition coefficient (Wildman–Crippen LogP) is 2.41. The first-order valence-electron chi connectivity index (χ1n) is 6.32. The fourth-order valence-corrected chi connectivity index (χ4v) is 3.02. The molecule has 0 spiro atoms. The van der Waals surface area contributed by atoms with Crippen molar-refractivity contribution >= 4 is 27.2 Å². The van der Waals surface area contributed by atoms with Crippen molar-refractivity contribution in [3.05, 3.63) is 59.7 Å². The molecular weight excluding hydrogens is 288 g/mol. The van der Waals surface area contributed by atoms with Gasteiger partial charge in [-0.3, -0.25) is 9.52 Å². The quantitative estimate of drug-likeness (QED) is 0.655. The SMILES string of the molecule is CC(=O)c1ccc(NS(=O)(=O)Cc2ccc(N)cc2)cc1. The molecule has 110 valence electrons. The van der Waals surface area contributed by atoms with E-state index in [1.54, 1.807) is 48.5 Å². The summed E-state index contributed by atoms with van der Waals surface area (Å²) in [5.41, 5.74) is 7.76. The second-order valence-corrected chi connectivity index (χ2v) is 6.46. The lowest BCUT2D eigenvalue weighted by molar-refractivity contribution is 0.101. The Kier molecular flexibility index (Phi) is 4.28. The van der Waals surface area contributed by atoms with Crippen molar-refractivity contribution in [2.24, 2.45) is 0 Å². The van der Waals surface area contributed by atoms with E-state index in [2.05, 4.69) is 4.72 Å². The molecule has 2 aromatic carbocycles. The Morgan fingerprint density at radius 1 is 1.05 bits per heavy atom. The molecule has 0 radical (unpaired) electrons. The first-order valence-corrected chi connectivity index (χ1v) is 7.97. The van der Waals surface area contributed by atoms with Crippen molar-refractivity contribution in [1.82, 2.24) is 0 Å². The maximum absolute atomic E-state index is 12.1. The largest absolute Gasteiger partial charge is 0.399 e. The number of carbonyl (C=O) groups is 1. The van der Waals surface area contributed by atoms with E-state index >= 15 is 0 Å². The summed E-state index contributed by atoms with van der Waals surface area (Å²) >= 11 is 0. The number of ketones is 1. The third-order valence-corrected chi connectivity index (χ3v) is 4.16. The van der Waals surface area contributed by atoms with Gasteiger partial charge in [-0.25, -0.2) is 8.42 Å². The Labute approximate surface area is 123 Å². The third kappa shape index (κ3) is 4.32. The van der Waals surface area contributed by atoms with Crippen LogP contribution in [0.5, 0.6) is 0 Å². The molecule has 2 rings (SSSR count). The minimum atomic E-state index is -3.51. The zero-order valence-electron chi connectivity index (χ0n) is 11.5. The summed E-state index contributed by atoms with van der Waals surface area (Å²) < 4.78 is 26.6. The smallest absolute Gasteiger partial charge is 0.236 e. The van der Waals surface area contributed by atoms with Gasteiger partial charge in [0.1, 0.15) is 0 Å². The van der Waals surface area contributed by atoms with Crippen LogP contribution in [0.15, 0.2) is 48.5 Å². The number of hydrogen-bond acceptors (Lipinski definition) is 4. The lowest BCUT2D eigenvalue weighted by Crippen LogP contribution is -2.15. The summed E-state index contributed by atoms with van der Waals surface area (Å²) in [4.78, 5) is 11.2. The van der Waals surface area contributed by atoms with Crippen molar-refractivity contribution in [3.8, 4) is 0 Å². The van der Waals surface area contributed by atoms with E-state index in [1.165, 1.54) is 6.92 Å². The number of Topliss-reactive ketones (excluding diaryl/α,β-unsaturated/α-hetero) is 1. The first kappa shape index (κ1) is 15.1. The van der Waals surface area contributed by atoms with Gasteiger partial charge in [-0.2, -0.15) is 0 Å². The van der Waals surface area contributed by atoms with Crippen LogP contribution in [0.2, 0.25) is 0 Å². The maximum atomic E-state index is 12.1. The van der Waals surface area contributed by atoms with Crippen LogP contribution in [0.4, 0.5) is 11.4 Å². The maximum Gasteiger partial charge on any atom is 0.236 e. The summed E-state index contributed by atoms with van der Waals surface area (Å²) in [5, 5.41) is 0. The van der Waals surface area contributed by atoms with Crippen LogP contribution in [0.3, 0.4) is 0 Å². The van der Waals surface area contributed by atoms with Crippen LogP contribution in [-0.2, 0) is 15.8 Å². The zero-order chi connectivity index (χ0) is 15.5. The number of anilines is 2. The van der Waals surface area contributed by atoms with Gasteiger partial charge in [-0.15, -0.1) is 0 Å². The van der Waals surface area contributed by atoms with E-state index < -0.39 is 10.0 Å². The number of carbonyl (C=O) groups excluding carboxylic acids is 1.